The maximum Gasteiger partial charge on any atom is -0.147 e. The summed E-state index contributed by atoms with van der Waals surface area (Å²) in [4.78, 5) is 55.9. The molecule has 0 amide bonds. The van der Waals surface area contributed by atoms with Crippen LogP contribution in [0, 0.1) is 0 Å². The van der Waals surface area contributed by atoms with Gasteiger partial charge in [0.2, 0.25) is 0 Å². The van der Waals surface area contributed by atoms with E-state index in [0.717, 1.165) is 39.0 Å². The number of rotatable bonds is 5. The van der Waals surface area contributed by atoms with Crippen molar-refractivity contribution in [2.24, 2.45) is 0 Å². The van der Waals surface area contributed by atoms with Crippen molar-refractivity contribution in [2.45, 2.75) is 69.1 Å². The third-order valence-corrected chi connectivity index (χ3v) is 38.9. The number of carbonyl (C=O) groups is 4. The molecule has 1 fully saturated rings. The van der Waals surface area contributed by atoms with E-state index in [1.54, 1.807) is 3.38 Å². The average molecular weight is 602 g/mol. The summed E-state index contributed by atoms with van der Waals surface area (Å²) in [5.41, 5.74) is 0. The molecular formula is C23H51Cl3N4O4Ti. The van der Waals surface area contributed by atoms with Crippen LogP contribution in [0.25, 0.3) is 0 Å². The molecule has 0 spiro atoms. The summed E-state index contributed by atoms with van der Waals surface area (Å²) in [5.74, 6) is 0. The minimum Gasteiger partial charge on any atom is -0.147 e. The van der Waals surface area contributed by atoms with Gasteiger partial charge in [-0.05, 0) is 0 Å². The molecule has 0 aromatic rings. The molecule has 1 heterocycles. The molecule has 0 aromatic carbocycles. The largest absolute Gasteiger partial charge is 0.147 e. The predicted molar refractivity (Wildman–Crippen MR) is 151 cm³/mol. The molecule has 1 aliphatic heterocycles. The average Bonchev–Trinajstić information content (AvgIpc) is 2.68. The summed E-state index contributed by atoms with van der Waals surface area (Å²) in [7, 11) is 0. The van der Waals surface area contributed by atoms with Crippen LogP contribution in [0.15, 0.2) is 0 Å². The number of hydrogen-bond donors (Lipinski definition) is 3. The van der Waals surface area contributed by atoms with Gasteiger partial charge in [-0.2, -0.15) is 0 Å². The van der Waals surface area contributed by atoms with Crippen LogP contribution in [0.2, 0.25) is 15.7 Å². The van der Waals surface area contributed by atoms with E-state index in [9.17, 15) is 19.2 Å². The molecule has 212 valence electrons. The number of nitrogens with one attached hydrogen (secondary N) is 3. The Morgan fingerprint density at radius 1 is 0.514 bits per heavy atom. The summed E-state index contributed by atoms with van der Waals surface area (Å²) < 4.78 is -0.588. The Labute approximate surface area is 224 Å². The quantitative estimate of drug-likeness (QED) is 0.412. The molecule has 1 rings (SSSR count). The van der Waals surface area contributed by atoms with Gasteiger partial charge in [-0.25, -0.2) is 0 Å². The van der Waals surface area contributed by atoms with Gasteiger partial charge in [0, 0.05) is 0 Å². The zero-order valence-electron chi connectivity index (χ0n) is 22.8. The predicted octanol–water partition coefficient (Wildman–Crippen LogP) is 3.44. The van der Waals surface area contributed by atoms with Gasteiger partial charge in [-0.15, -0.1) is 37.2 Å². The summed E-state index contributed by atoms with van der Waals surface area (Å²) in [6, 6.07) is 0. The molecule has 0 saturated carbocycles. The number of halogens is 3. The molecule has 3 N–H and O–H groups in total. The van der Waals surface area contributed by atoms with Crippen molar-refractivity contribution in [3.05, 3.63) is 0 Å². The van der Waals surface area contributed by atoms with Crippen LogP contribution in [0.5, 0.6) is 0 Å². The van der Waals surface area contributed by atoms with Crippen LogP contribution < -0.4 is 16.0 Å². The smallest absolute Gasteiger partial charge is 0.147 e. The van der Waals surface area contributed by atoms with Crippen molar-refractivity contribution in [2.75, 3.05) is 52.4 Å². The summed E-state index contributed by atoms with van der Waals surface area (Å²) in [5, 5.41) is 14.7. The molecule has 35 heavy (non-hydrogen) atoms. The van der Waals surface area contributed by atoms with Gasteiger partial charge in [-0.1, -0.05) is 0 Å². The first-order chi connectivity index (χ1) is 14.5. The van der Waals surface area contributed by atoms with Crippen LogP contribution in [0.4, 0.5) is 0 Å². The van der Waals surface area contributed by atoms with Gasteiger partial charge in [0.15, 0.2) is 0 Å². The number of hydrogen-bond acceptors (Lipinski definition) is 8. The molecule has 1 aliphatic rings. The first-order valence-electron chi connectivity index (χ1n) is 12.3. The summed E-state index contributed by atoms with van der Waals surface area (Å²) in [6.45, 7) is 10.7. The zero-order valence-corrected chi connectivity index (χ0v) is 26.8. The Hall–Kier alpha value is 0.104. The van der Waals surface area contributed by atoms with E-state index in [2.05, 4.69) is 16.0 Å². The van der Waals surface area contributed by atoms with E-state index in [-0.39, 0.29) is 37.2 Å². The Kier molecular flexibility index (Phi) is 12.5. The Morgan fingerprint density at radius 2 is 0.743 bits per heavy atom. The number of carbonyl (C=O) groups excluding carboxylic acids is 4. The van der Waals surface area contributed by atoms with Crippen LogP contribution >= 0.6 is 37.2 Å². The van der Waals surface area contributed by atoms with Crippen molar-refractivity contribution in [3.63, 3.8) is 0 Å². The second-order valence-electron chi connectivity index (χ2n) is 13.2. The van der Waals surface area contributed by atoms with Gasteiger partial charge >= 0.3 is 188 Å². The first-order valence-corrected chi connectivity index (χ1v) is 20.8. The van der Waals surface area contributed by atoms with Crippen LogP contribution in [-0.4, -0.2) is 72.1 Å². The van der Waals surface area contributed by atoms with E-state index >= 15 is 0 Å². The molecular weight excluding hydrogens is 551 g/mol. The van der Waals surface area contributed by atoms with Gasteiger partial charge in [0.05, 0.1) is 0 Å². The fourth-order valence-electron chi connectivity index (χ4n) is 5.45. The molecule has 0 radical (unpaired) electrons. The van der Waals surface area contributed by atoms with Gasteiger partial charge in [0.1, 0.15) is 0 Å². The maximum absolute atomic E-state index is 14.0. The van der Waals surface area contributed by atoms with E-state index in [4.69, 9.17) is 0 Å². The summed E-state index contributed by atoms with van der Waals surface area (Å²) in [6.07, 6.45) is 3.23. The van der Waals surface area contributed by atoms with Crippen molar-refractivity contribution in [1.82, 2.24) is 19.3 Å². The second kappa shape index (κ2) is 11.1. The molecule has 1 saturated heterocycles. The van der Waals surface area contributed by atoms with E-state index in [0.29, 0.717) is 39.0 Å². The SMILES string of the molecule is C[C](=O)[Ti]([CH3])([CH3])([CH3])([C](C)=O)([C](C)=O)([C](C)=O)[N]1CCCNCCCNCCCNCCC1.Cl.Cl.Cl. The minimum atomic E-state index is -7.50. The molecule has 0 unspecified atom stereocenters. The Balaban J connectivity index is -0.00000341. The number of nitrogens with zero attached hydrogens (tertiary/aromatic N) is 1. The Morgan fingerprint density at radius 3 is 0.971 bits per heavy atom. The van der Waals surface area contributed by atoms with E-state index < -0.39 is 28.1 Å². The fourth-order valence-corrected chi connectivity index (χ4v) is 16.9. The van der Waals surface area contributed by atoms with Crippen LogP contribution in [-0.2, 0) is 30.9 Å². The van der Waals surface area contributed by atoms with Gasteiger partial charge < -0.3 is 0 Å². The van der Waals surface area contributed by atoms with Gasteiger partial charge in [0.25, 0.3) is 0 Å². The van der Waals surface area contributed by atoms with Crippen LogP contribution in [0.3, 0.4) is 0 Å². The monoisotopic (exact) mass is 600 g/mol. The van der Waals surface area contributed by atoms with Crippen molar-refractivity contribution in [1.29, 1.82) is 0 Å². The maximum atomic E-state index is 14.0. The topological polar surface area (TPSA) is 108 Å². The molecule has 0 aliphatic carbocycles. The standard InChI is InChI=1S/C12H27N4.4C2H3O.3CH3.3ClH.Ti/c1-5-13-7-2-9-15-11-4-12-16-10-3-8-14-6-1;4*1-2-3;;;;;;;/h13-15H,1-12H2;4*1H3;3*1H3;3*1H;/q-1;;;;;;;;;;;+1. The Bertz CT molecular complexity index is 757. The normalized spacial score (nSPS) is 22.0. The molecule has 0 bridgehead atoms. The van der Waals surface area contributed by atoms with Crippen molar-refractivity contribution >= 4 is 53.6 Å². The molecule has 0 aromatic heterocycles. The van der Waals surface area contributed by atoms with E-state index in [1.807, 2.05) is 0 Å². The van der Waals surface area contributed by atoms with Crippen molar-refractivity contribution in [3.8, 4) is 0 Å². The third kappa shape index (κ3) is 4.53. The molecule has 8 nitrogen and oxygen atoms in total. The molecule has 0 atom stereocenters. The zero-order chi connectivity index (χ0) is 24.8. The van der Waals surface area contributed by atoms with Gasteiger partial charge in [-0.3, -0.25) is 0 Å². The van der Waals surface area contributed by atoms with Crippen LogP contribution in [0.1, 0.15) is 53.4 Å². The minimum absolute atomic E-state index is 0. The molecule has 12 heteroatoms. The van der Waals surface area contributed by atoms with Crippen molar-refractivity contribution < 1.29 is 30.9 Å². The third-order valence-electron chi connectivity index (χ3n) is 11.5. The summed E-state index contributed by atoms with van der Waals surface area (Å²) >= 11 is -7.50. The van der Waals surface area contributed by atoms with E-state index in [1.165, 1.54) is 43.4 Å². The second-order valence-corrected chi connectivity index (χ2v) is 38.5. The first kappa shape index (κ1) is 39.6. The fraction of sp³-hybridized carbons (Fsp3) is 0.826.